The molecule has 0 unspecified atom stereocenters. The van der Waals surface area contributed by atoms with Crippen LogP contribution in [0.2, 0.25) is 0 Å². The SMILES string of the molecule is COc1cccc(Oc2ccc(C(F)(F)F)cc2NC(=O)Cc2cccs2)c1. The van der Waals surface area contributed by atoms with Crippen LogP contribution in [0.5, 0.6) is 17.2 Å². The Bertz CT molecular complexity index is 956. The highest BCUT2D eigenvalue weighted by Crippen LogP contribution is 2.37. The number of carbonyl (C=O) groups excluding carboxylic acids is 1. The monoisotopic (exact) mass is 407 g/mol. The number of rotatable bonds is 6. The van der Waals surface area contributed by atoms with Crippen molar-refractivity contribution >= 4 is 22.9 Å². The fourth-order valence-electron chi connectivity index (χ4n) is 2.45. The van der Waals surface area contributed by atoms with Crippen LogP contribution in [-0.2, 0) is 17.4 Å². The number of hydrogen-bond acceptors (Lipinski definition) is 4. The number of nitrogens with one attached hydrogen (secondary N) is 1. The van der Waals surface area contributed by atoms with Gasteiger partial charge in [0, 0.05) is 10.9 Å². The maximum Gasteiger partial charge on any atom is 0.416 e. The van der Waals surface area contributed by atoms with E-state index in [0.29, 0.717) is 11.5 Å². The van der Waals surface area contributed by atoms with E-state index in [9.17, 15) is 18.0 Å². The third kappa shape index (κ3) is 5.04. The first-order valence-electron chi connectivity index (χ1n) is 8.20. The zero-order valence-electron chi connectivity index (χ0n) is 14.7. The summed E-state index contributed by atoms with van der Waals surface area (Å²) in [6.07, 6.45) is -4.48. The number of halogens is 3. The van der Waals surface area contributed by atoms with Crippen LogP contribution in [0, 0.1) is 0 Å². The lowest BCUT2D eigenvalue weighted by molar-refractivity contribution is -0.137. The molecule has 3 rings (SSSR count). The first-order chi connectivity index (χ1) is 13.3. The van der Waals surface area contributed by atoms with E-state index in [2.05, 4.69) is 5.32 Å². The van der Waals surface area contributed by atoms with Gasteiger partial charge in [0.25, 0.3) is 0 Å². The molecule has 146 valence electrons. The molecule has 2 aromatic carbocycles. The number of ether oxygens (including phenoxy) is 2. The molecule has 0 radical (unpaired) electrons. The van der Waals surface area contributed by atoms with Crippen molar-refractivity contribution in [3.05, 3.63) is 70.4 Å². The van der Waals surface area contributed by atoms with Crippen LogP contribution in [0.1, 0.15) is 10.4 Å². The first kappa shape index (κ1) is 19.8. The number of carbonyl (C=O) groups is 1. The van der Waals surface area contributed by atoms with Crippen molar-refractivity contribution in [3.8, 4) is 17.2 Å². The maximum absolute atomic E-state index is 13.1. The Morgan fingerprint density at radius 3 is 2.54 bits per heavy atom. The molecule has 4 nitrogen and oxygen atoms in total. The summed E-state index contributed by atoms with van der Waals surface area (Å²) in [5.74, 6) is 0.568. The van der Waals surface area contributed by atoms with E-state index in [1.165, 1.54) is 24.5 Å². The molecular weight excluding hydrogens is 391 g/mol. The number of benzene rings is 2. The Kier molecular flexibility index (Phi) is 5.89. The van der Waals surface area contributed by atoms with E-state index < -0.39 is 17.6 Å². The predicted molar refractivity (Wildman–Crippen MR) is 101 cm³/mol. The first-order valence-corrected chi connectivity index (χ1v) is 9.08. The van der Waals surface area contributed by atoms with Crippen molar-refractivity contribution in [1.82, 2.24) is 0 Å². The molecule has 0 atom stereocenters. The number of amides is 1. The highest BCUT2D eigenvalue weighted by atomic mass is 32.1. The largest absolute Gasteiger partial charge is 0.497 e. The Labute approximate surface area is 163 Å². The molecule has 8 heteroatoms. The number of alkyl halides is 3. The molecule has 0 aliphatic heterocycles. The van der Waals surface area contributed by atoms with Gasteiger partial charge in [-0.1, -0.05) is 12.1 Å². The van der Waals surface area contributed by atoms with Crippen molar-refractivity contribution in [2.24, 2.45) is 0 Å². The number of hydrogen-bond donors (Lipinski definition) is 1. The average Bonchev–Trinajstić information content (AvgIpc) is 3.15. The van der Waals surface area contributed by atoms with Crippen molar-refractivity contribution in [2.45, 2.75) is 12.6 Å². The van der Waals surface area contributed by atoms with Gasteiger partial charge in [0.1, 0.15) is 11.5 Å². The highest BCUT2D eigenvalue weighted by Gasteiger charge is 2.31. The van der Waals surface area contributed by atoms with Crippen LogP contribution in [0.25, 0.3) is 0 Å². The number of thiophene rings is 1. The average molecular weight is 407 g/mol. The van der Waals surface area contributed by atoms with Gasteiger partial charge < -0.3 is 14.8 Å². The molecular formula is C20H16F3NO3S. The van der Waals surface area contributed by atoms with E-state index in [-0.39, 0.29) is 17.9 Å². The third-order valence-electron chi connectivity index (χ3n) is 3.76. The fraction of sp³-hybridized carbons (Fsp3) is 0.150. The summed E-state index contributed by atoms with van der Waals surface area (Å²) in [7, 11) is 1.49. The van der Waals surface area contributed by atoms with E-state index in [4.69, 9.17) is 9.47 Å². The molecule has 0 saturated carbocycles. The Balaban J connectivity index is 1.88. The smallest absolute Gasteiger partial charge is 0.416 e. The summed E-state index contributed by atoms with van der Waals surface area (Å²) in [4.78, 5) is 13.1. The van der Waals surface area contributed by atoms with Crippen LogP contribution in [0.4, 0.5) is 18.9 Å². The van der Waals surface area contributed by atoms with Gasteiger partial charge >= 0.3 is 6.18 Å². The van der Waals surface area contributed by atoms with E-state index in [0.717, 1.165) is 17.0 Å². The number of anilines is 1. The van der Waals surface area contributed by atoms with Crippen molar-refractivity contribution in [3.63, 3.8) is 0 Å². The molecule has 0 saturated heterocycles. The second kappa shape index (κ2) is 8.35. The standard InChI is InChI=1S/C20H16F3NO3S/c1-26-14-4-2-5-15(11-14)27-18-8-7-13(20(21,22)23)10-17(18)24-19(25)12-16-6-3-9-28-16/h2-11H,12H2,1H3,(H,24,25). The lowest BCUT2D eigenvalue weighted by Gasteiger charge is -2.15. The zero-order valence-corrected chi connectivity index (χ0v) is 15.6. The van der Waals surface area contributed by atoms with Gasteiger partial charge in [-0.25, -0.2) is 0 Å². The molecule has 1 heterocycles. The minimum atomic E-state index is -4.54. The fourth-order valence-corrected chi connectivity index (χ4v) is 3.15. The minimum Gasteiger partial charge on any atom is -0.497 e. The lowest BCUT2D eigenvalue weighted by atomic mass is 10.1. The third-order valence-corrected chi connectivity index (χ3v) is 4.64. The van der Waals surface area contributed by atoms with E-state index in [1.54, 1.807) is 36.4 Å². The summed E-state index contributed by atoms with van der Waals surface area (Å²) in [5.41, 5.74) is -0.934. The molecule has 0 aliphatic carbocycles. The molecule has 0 fully saturated rings. The van der Waals surface area contributed by atoms with Gasteiger partial charge in [-0.05, 0) is 41.8 Å². The van der Waals surface area contributed by atoms with Crippen molar-refractivity contribution in [1.29, 1.82) is 0 Å². The minimum absolute atomic E-state index is 0.0563. The maximum atomic E-state index is 13.1. The lowest BCUT2D eigenvalue weighted by Crippen LogP contribution is -2.15. The van der Waals surface area contributed by atoms with Crippen molar-refractivity contribution in [2.75, 3.05) is 12.4 Å². The quantitative estimate of drug-likeness (QED) is 0.566. The zero-order chi connectivity index (χ0) is 20.1. The van der Waals surface area contributed by atoms with Gasteiger partial charge in [-0.2, -0.15) is 13.2 Å². The predicted octanol–water partition coefficient (Wildman–Crippen LogP) is 5.75. The topological polar surface area (TPSA) is 47.6 Å². The van der Waals surface area contributed by atoms with E-state index >= 15 is 0 Å². The number of methoxy groups -OCH3 is 1. The molecule has 1 N–H and O–H groups in total. The Morgan fingerprint density at radius 1 is 1.07 bits per heavy atom. The molecule has 1 amide bonds. The summed E-state index contributed by atoms with van der Waals surface area (Å²) < 4.78 is 50.1. The van der Waals surface area contributed by atoms with Gasteiger partial charge in [0.15, 0.2) is 5.75 Å². The Hall–Kier alpha value is -3.00. The highest BCUT2D eigenvalue weighted by molar-refractivity contribution is 7.10. The second-order valence-corrected chi connectivity index (χ2v) is 6.83. The van der Waals surface area contributed by atoms with Crippen molar-refractivity contribution < 1.29 is 27.4 Å². The second-order valence-electron chi connectivity index (χ2n) is 5.79. The van der Waals surface area contributed by atoms with Crippen LogP contribution < -0.4 is 14.8 Å². The summed E-state index contributed by atoms with van der Waals surface area (Å²) >= 11 is 1.39. The van der Waals surface area contributed by atoms with Gasteiger partial charge in [0.05, 0.1) is 24.8 Å². The molecule has 3 aromatic rings. The summed E-state index contributed by atoms with van der Waals surface area (Å²) in [5, 5.41) is 4.35. The van der Waals surface area contributed by atoms with E-state index in [1.807, 2.05) is 5.38 Å². The van der Waals surface area contributed by atoms with Gasteiger partial charge in [-0.3, -0.25) is 4.79 Å². The summed E-state index contributed by atoms with van der Waals surface area (Å²) in [6, 6.07) is 13.2. The molecule has 0 spiro atoms. The van der Waals surface area contributed by atoms with Crippen LogP contribution in [0.15, 0.2) is 60.0 Å². The molecule has 0 aliphatic rings. The normalized spacial score (nSPS) is 11.1. The van der Waals surface area contributed by atoms with Gasteiger partial charge in [-0.15, -0.1) is 11.3 Å². The molecule has 28 heavy (non-hydrogen) atoms. The Morgan fingerprint density at radius 2 is 1.86 bits per heavy atom. The molecule has 0 bridgehead atoms. The van der Waals surface area contributed by atoms with Crippen LogP contribution >= 0.6 is 11.3 Å². The summed E-state index contributed by atoms with van der Waals surface area (Å²) in [6.45, 7) is 0. The van der Waals surface area contributed by atoms with Gasteiger partial charge in [0.2, 0.25) is 5.91 Å². The van der Waals surface area contributed by atoms with Crippen LogP contribution in [0.3, 0.4) is 0 Å². The molecule has 1 aromatic heterocycles. The van der Waals surface area contributed by atoms with Crippen LogP contribution in [-0.4, -0.2) is 13.0 Å².